The molecule has 2 aromatic rings. The van der Waals surface area contributed by atoms with Crippen LogP contribution in [-0.4, -0.2) is 27.2 Å². The van der Waals surface area contributed by atoms with E-state index in [-0.39, 0.29) is 11.9 Å². The first kappa shape index (κ1) is 12.9. The van der Waals surface area contributed by atoms with E-state index in [1.54, 1.807) is 24.3 Å². The average molecular weight is 262 g/mol. The number of H-pyrrole nitrogens is 2. The lowest BCUT2D eigenvalue weighted by atomic mass is 10.3. The predicted octanol–water partition coefficient (Wildman–Crippen LogP) is 1.14. The highest BCUT2D eigenvalue weighted by Crippen LogP contribution is 2.17. The van der Waals surface area contributed by atoms with Crippen molar-refractivity contribution in [1.82, 2.24) is 15.2 Å². The molecule has 0 aliphatic heterocycles. The van der Waals surface area contributed by atoms with E-state index in [0.717, 1.165) is 5.75 Å². The Labute approximate surface area is 109 Å². The first-order valence-electron chi connectivity index (χ1n) is 5.77. The van der Waals surface area contributed by atoms with Gasteiger partial charge in [0, 0.05) is 5.69 Å². The average Bonchev–Trinajstić information content (AvgIpc) is 2.78. The largest absolute Gasteiger partial charge is 0.491 e. The smallest absolute Gasteiger partial charge is 0.341 e. The van der Waals surface area contributed by atoms with Crippen LogP contribution in [0.25, 0.3) is 0 Å². The summed E-state index contributed by atoms with van der Waals surface area (Å²) < 4.78 is 5.48. The normalized spacial score (nSPS) is 10.5. The van der Waals surface area contributed by atoms with Gasteiger partial charge in [-0.15, -0.1) is 5.10 Å². The molecule has 0 atom stereocenters. The maximum absolute atomic E-state index is 11.7. The first-order valence-corrected chi connectivity index (χ1v) is 5.77. The van der Waals surface area contributed by atoms with Gasteiger partial charge in [0.15, 0.2) is 0 Å². The van der Waals surface area contributed by atoms with Crippen molar-refractivity contribution in [2.45, 2.75) is 20.0 Å². The number of amides is 1. The van der Waals surface area contributed by atoms with Gasteiger partial charge in [0.2, 0.25) is 5.82 Å². The molecule has 3 N–H and O–H groups in total. The summed E-state index contributed by atoms with van der Waals surface area (Å²) in [4.78, 5) is 24.8. The molecule has 19 heavy (non-hydrogen) atoms. The van der Waals surface area contributed by atoms with Gasteiger partial charge in [0.05, 0.1) is 6.10 Å². The van der Waals surface area contributed by atoms with Crippen LogP contribution in [0.1, 0.15) is 24.5 Å². The van der Waals surface area contributed by atoms with Crippen molar-refractivity contribution in [3.8, 4) is 5.75 Å². The molecule has 0 fully saturated rings. The van der Waals surface area contributed by atoms with Crippen LogP contribution in [0.3, 0.4) is 0 Å². The van der Waals surface area contributed by atoms with Crippen LogP contribution in [0, 0.1) is 0 Å². The molecule has 0 aliphatic rings. The molecule has 0 unspecified atom stereocenters. The van der Waals surface area contributed by atoms with Crippen LogP contribution >= 0.6 is 0 Å². The van der Waals surface area contributed by atoms with Crippen LogP contribution < -0.4 is 15.7 Å². The molecule has 0 saturated carbocycles. The summed E-state index contributed by atoms with van der Waals surface area (Å²) in [7, 11) is 0. The van der Waals surface area contributed by atoms with Crippen molar-refractivity contribution >= 4 is 11.6 Å². The van der Waals surface area contributed by atoms with Gasteiger partial charge in [0.25, 0.3) is 5.91 Å². The van der Waals surface area contributed by atoms with E-state index in [9.17, 15) is 9.59 Å². The fraction of sp³-hybridized carbons (Fsp3) is 0.250. The lowest BCUT2D eigenvalue weighted by Crippen LogP contribution is -2.14. The molecule has 1 amide bonds. The number of carbonyl (C=O) groups excluding carboxylic acids is 1. The zero-order valence-corrected chi connectivity index (χ0v) is 10.6. The van der Waals surface area contributed by atoms with Gasteiger partial charge >= 0.3 is 5.69 Å². The van der Waals surface area contributed by atoms with Gasteiger partial charge in [-0.25, -0.2) is 9.89 Å². The third-order valence-electron chi connectivity index (χ3n) is 2.20. The van der Waals surface area contributed by atoms with E-state index in [1.807, 2.05) is 13.8 Å². The second-order valence-corrected chi connectivity index (χ2v) is 4.17. The number of aromatic nitrogens is 3. The summed E-state index contributed by atoms with van der Waals surface area (Å²) in [5, 5.41) is 8.27. The van der Waals surface area contributed by atoms with E-state index < -0.39 is 11.6 Å². The zero-order chi connectivity index (χ0) is 13.8. The number of aromatic amines is 2. The van der Waals surface area contributed by atoms with Crippen molar-refractivity contribution in [1.29, 1.82) is 0 Å². The van der Waals surface area contributed by atoms with Crippen LogP contribution in [-0.2, 0) is 0 Å². The third kappa shape index (κ3) is 3.44. The Morgan fingerprint density at radius 2 is 2.00 bits per heavy atom. The Kier molecular flexibility index (Phi) is 3.65. The van der Waals surface area contributed by atoms with E-state index in [1.165, 1.54) is 0 Å². The second kappa shape index (κ2) is 5.38. The molecule has 0 aliphatic carbocycles. The molecule has 7 heteroatoms. The number of benzene rings is 1. The highest BCUT2D eigenvalue weighted by atomic mass is 16.5. The lowest BCUT2D eigenvalue weighted by molar-refractivity contribution is 0.101. The molecule has 100 valence electrons. The quantitative estimate of drug-likeness (QED) is 0.769. The molecule has 1 aromatic carbocycles. The molecule has 0 radical (unpaired) electrons. The van der Waals surface area contributed by atoms with Crippen molar-refractivity contribution in [3.63, 3.8) is 0 Å². The van der Waals surface area contributed by atoms with Gasteiger partial charge in [-0.05, 0) is 38.1 Å². The Bertz CT molecular complexity index is 612. The molecule has 7 nitrogen and oxygen atoms in total. The third-order valence-corrected chi connectivity index (χ3v) is 2.20. The Balaban J connectivity index is 2.03. The number of anilines is 1. The number of rotatable bonds is 4. The molecular weight excluding hydrogens is 248 g/mol. The van der Waals surface area contributed by atoms with E-state index in [0.29, 0.717) is 5.69 Å². The maximum atomic E-state index is 11.7. The maximum Gasteiger partial charge on any atom is 0.341 e. The Morgan fingerprint density at radius 3 is 2.53 bits per heavy atom. The summed E-state index contributed by atoms with van der Waals surface area (Å²) in [6, 6.07) is 6.92. The SMILES string of the molecule is CC(C)Oc1ccc(NC(=O)c2n[nH]c(=O)[nH]2)cc1. The molecule has 2 rings (SSSR count). The number of nitrogens with one attached hydrogen (secondary N) is 3. The fourth-order valence-electron chi connectivity index (χ4n) is 1.46. The summed E-state index contributed by atoms with van der Waals surface area (Å²) in [5.74, 6) is 0.171. The number of hydrogen-bond acceptors (Lipinski definition) is 4. The van der Waals surface area contributed by atoms with Crippen molar-refractivity contribution < 1.29 is 9.53 Å². The summed E-state index contributed by atoms with van der Waals surface area (Å²) >= 11 is 0. The molecule has 0 spiro atoms. The summed E-state index contributed by atoms with van der Waals surface area (Å²) in [6.07, 6.45) is 0.0922. The molecule has 1 heterocycles. The minimum atomic E-state index is -0.522. The highest BCUT2D eigenvalue weighted by molar-refractivity contribution is 6.01. The standard InChI is InChI=1S/C12H14N4O3/c1-7(2)19-9-5-3-8(4-6-9)13-11(17)10-14-12(18)16-15-10/h3-7H,1-2H3,(H,13,17)(H2,14,15,16,18). The first-order chi connectivity index (χ1) is 9.04. The molecule has 0 bridgehead atoms. The van der Waals surface area contributed by atoms with Gasteiger partial charge in [-0.3, -0.25) is 9.78 Å². The monoisotopic (exact) mass is 262 g/mol. The summed E-state index contributed by atoms with van der Waals surface area (Å²) in [6.45, 7) is 3.87. The van der Waals surface area contributed by atoms with Crippen molar-refractivity contribution in [2.75, 3.05) is 5.32 Å². The number of carbonyl (C=O) groups is 1. The van der Waals surface area contributed by atoms with Crippen LogP contribution in [0.4, 0.5) is 5.69 Å². The Hall–Kier alpha value is -2.57. The van der Waals surface area contributed by atoms with Gasteiger partial charge in [-0.1, -0.05) is 0 Å². The molecular formula is C12H14N4O3. The van der Waals surface area contributed by atoms with Crippen molar-refractivity contribution in [2.24, 2.45) is 0 Å². The fourth-order valence-corrected chi connectivity index (χ4v) is 1.46. The molecule has 0 saturated heterocycles. The topological polar surface area (TPSA) is 99.9 Å². The number of hydrogen-bond donors (Lipinski definition) is 3. The summed E-state index contributed by atoms with van der Waals surface area (Å²) in [5.41, 5.74) is 0.0655. The minimum Gasteiger partial charge on any atom is -0.491 e. The molecule has 1 aromatic heterocycles. The number of ether oxygens (including phenoxy) is 1. The zero-order valence-electron chi connectivity index (χ0n) is 10.6. The minimum absolute atomic E-state index is 0.0625. The Morgan fingerprint density at radius 1 is 1.32 bits per heavy atom. The van der Waals surface area contributed by atoms with Crippen molar-refractivity contribution in [3.05, 3.63) is 40.6 Å². The van der Waals surface area contributed by atoms with E-state index in [2.05, 4.69) is 20.5 Å². The van der Waals surface area contributed by atoms with Crippen LogP contribution in [0.5, 0.6) is 5.75 Å². The van der Waals surface area contributed by atoms with Gasteiger partial charge < -0.3 is 10.1 Å². The highest BCUT2D eigenvalue weighted by Gasteiger charge is 2.10. The van der Waals surface area contributed by atoms with Gasteiger partial charge in [-0.2, -0.15) is 0 Å². The van der Waals surface area contributed by atoms with Crippen LogP contribution in [0.2, 0.25) is 0 Å². The van der Waals surface area contributed by atoms with Gasteiger partial charge in [0.1, 0.15) is 5.75 Å². The van der Waals surface area contributed by atoms with E-state index >= 15 is 0 Å². The van der Waals surface area contributed by atoms with E-state index in [4.69, 9.17) is 4.74 Å². The van der Waals surface area contributed by atoms with Crippen LogP contribution in [0.15, 0.2) is 29.1 Å². The number of nitrogens with zero attached hydrogens (tertiary/aromatic N) is 1. The predicted molar refractivity (Wildman–Crippen MR) is 69.4 cm³/mol. The lowest BCUT2D eigenvalue weighted by Gasteiger charge is -2.10. The second-order valence-electron chi connectivity index (χ2n) is 4.17.